The first-order chi connectivity index (χ1) is 13.5. The fourth-order valence-electron chi connectivity index (χ4n) is 2.71. The van der Waals surface area contributed by atoms with Crippen molar-refractivity contribution in [1.82, 2.24) is 9.97 Å². The maximum absolute atomic E-state index is 14.2. The minimum atomic E-state index is -0.935. The Kier molecular flexibility index (Phi) is 5.02. The van der Waals surface area contributed by atoms with Crippen LogP contribution in [0.15, 0.2) is 60.8 Å². The zero-order chi connectivity index (χ0) is 19.7. The molecular weight excluding hydrogens is 404 g/mol. The molecule has 0 aliphatic carbocycles. The zero-order valence-corrected chi connectivity index (χ0v) is 15.8. The maximum Gasteiger partial charge on any atom is 0.263 e. The van der Waals surface area contributed by atoms with Gasteiger partial charge in [0.05, 0.1) is 27.5 Å². The van der Waals surface area contributed by atoms with E-state index in [2.05, 4.69) is 9.97 Å². The number of para-hydroxylation sites is 1. The predicted molar refractivity (Wildman–Crippen MR) is 106 cm³/mol. The Bertz CT molecular complexity index is 1170. The molecule has 4 rings (SSSR count). The molecule has 0 saturated heterocycles. The monoisotopic (exact) mass is 415 g/mol. The summed E-state index contributed by atoms with van der Waals surface area (Å²) in [4.78, 5) is 23.1. The maximum atomic E-state index is 14.2. The number of carbonyl (C=O) groups is 1. The Morgan fingerprint density at radius 3 is 2.68 bits per heavy atom. The number of pyridine rings is 1. The fourth-order valence-corrected chi connectivity index (χ4v) is 3.97. The number of carbonyl (C=O) groups excluding carboxylic acids is 1. The van der Waals surface area contributed by atoms with Crippen LogP contribution in [0, 0.1) is 11.6 Å². The van der Waals surface area contributed by atoms with E-state index in [-0.39, 0.29) is 12.1 Å². The Labute approximate surface area is 168 Å². The molecule has 2 aromatic carbocycles. The van der Waals surface area contributed by atoms with Crippen molar-refractivity contribution in [3.63, 3.8) is 0 Å². The molecule has 0 aliphatic heterocycles. The molecule has 0 spiro atoms. The number of fused-ring (bicyclic) bond motifs is 1. The Morgan fingerprint density at radius 1 is 1.11 bits per heavy atom. The summed E-state index contributed by atoms with van der Waals surface area (Å²) in [6.07, 6.45) is 1.60. The van der Waals surface area contributed by atoms with Gasteiger partial charge in [0.2, 0.25) is 0 Å². The van der Waals surface area contributed by atoms with E-state index >= 15 is 0 Å². The summed E-state index contributed by atoms with van der Waals surface area (Å²) in [6, 6.07) is 13.5. The largest absolute Gasteiger partial charge is 0.278 e. The van der Waals surface area contributed by atoms with Crippen molar-refractivity contribution in [2.24, 2.45) is 0 Å². The van der Waals surface area contributed by atoms with E-state index in [0.717, 1.165) is 16.8 Å². The first-order valence-electron chi connectivity index (χ1n) is 8.25. The van der Waals surface area contributed by atoms with Gasteiger partial charge in [-0.25, -0.2) is 13.8 Å². The average Bonchev–Trinajstić information content (AvgIpc) is 3.12. The average molecular weight is 416 g/mol. The topological polar surface area (TPSA) is 46.1 Å². The molecule has 0 unspecified atom stereocenters. The fraction of sp³-hybridized carbons (Fsp3) is 0.0500. The van der Waals surface area contributed by atoms with Gasteiger partial charge in [-0.3, -0.25) is 14.7 Å². The number of hydrogen-bond donors (Lipinski definition) is 0. The number of rotatable bonds is 4. The Balaban J connectivity index is 1.80. The van der Waals surface area contributed by atoms with Crippen LogP contribution in [0.5, 0.6) is 0 Å². The van der Waals surface area contributed by atoms with E-state index in [0.29, 0.717) is 27.4 Å². The lowest BCUT2D eigenvalue weighted by molar-refractivity contribution is 0.0981. The molecule has 8 heteroatoms. The third-order valence-electron chi connectivity index (χ3n) is 4.04. The number of anilines is 1. The third-order valence-corrected chi connectivity index (χ3v) is 5.39. The smallest absolute Gasteiger partial charge is 0.263 e. The van der Waals surface area contributed by atoms with E-state index in [9.17, 15) is 13.6 Å². The second kappa shape index (κ2) is 7.61. The van der Waals surface area contributed by atoms with Crippen molar-refractivity contribution in [1.29, 1.82) is 0 Å². The van der Waals surface area contributed by atoms with E-state index < -0.39 is 17.5 Å². The molecular formula is C20H12ClF2N3OS. The number of amides is 1. The second-order valence-corrected chi connectivity index (χ2v) is 7.34. The van der Waals surface area contributed by atoms with Gasteiger partial charge in [0.1, 0.15) is 17.2 Å². The molecule has 0 N–H and O–H groups in total. The van der Waals surface area contributed by atoms with Crippen molar-refractivity contribution in [2.75, 3.05) is 4.90 Å². The van der Waals surface area contributed by atoms with Crippen LogP contribution in [-0.2, 0) is 6.54 Å². The highest BCUT2D eigenvalue weighted by Gasteiger charge is 2.25. The number of nitrogens with zero attached hydrogens (tertiary/aromatic N) is 3. The van der Waals surface area contributed by atoms with Crippen LogP contribution in [0.2, 0.25) is 5.02 Å². The van der Waals surface area contributed by atoms with Gasteiger partial charge in [0.15, 0.2) is 5.13 Å². The SMILES string of the molecule is O=C(c1ccc(F)cc1F)N(Cc1ccccn1)c1nc2c(Cl)cccc2s1. The van der Waals surface area contributed by atoms with E-state index in [1.54, 1.807) is 36.5 Å². The van der Waals surface area contributed by atoms with E-state index in [4.69, 9.17) is 11.6 Å². The highest BCUT2D eigenvalue weighted by Crippen LogP contribution is 2.34. The minimum absolute atomic E-state index is 0.0773. The van der Waals surface area contributed by atoms with Crippen molar-refractivity contribution < 1.29 is 13.6 Å². The number of aromatic nitrogens is 2. The zero-order valence-electron chi connectivity index (χ0n) is 14.3. The van der Waals surface area contributed by atoms with E-state index in [1.807, 2.05) is 6.07 Å². The summed E-state index contributed by atoms with van der Waals surface area (Å²) in [6.45, 7) is 0.0773. The molecule has 0 bridgehead atoms. The number of thiazole rings is 1. The van der Waals surface area contributed by atoms with Crippen LogP contribution in [-0.4, -0.2) is 15.9 Å². The minimum Gasteiger partial charge on any atom is -0.278 e. The van der Waals surface area contributed by atoms with Gasteiger partial charge in [0.25, 0.3) is 5.91 Å². The lowest BCUT2D eigenvalue weighted by Gasteiger charge is -2.20. The molecule has 28 heavy (non-hydrogen) atoms. The quantitative estimate of drug-likeness (QED) is 0.444. The van der Waals surface area contributed by atoms with Crippen LogP contribution in [0.3, 0.4) is 0 Å². The number of benzene rings is 2. The summed E-state index contributed by atoms with van der Waals surface area (Å²) >= 11 is 7.46. The molecule has 140 valence electrons. The van der Waals surface area contributed by atoms with Gasteiger partial charge in [-0.1, -0.05) is 35.1 Å². The molecule has 0 fully saturated rings. The standard InChI is InChI=1S/C20H12ClF2N3OS/c21-15-5-3-6-17-18(15)25-20(28-17)26(11-13-4-1-2-9-24-13)19(27)14-8-7-12(22)10-16(14)23/h1-10H,11H2. The van der Waals surface area contributed by atoms with Crippen molar-refractivity contribution >= 4 is 44.2 Å². The van der Waals surface area contributed by atoms with Crippen molar-refractivity contribution in [2.45, 2.75) is 6.54 Å². The van der Waals surface area contributed by atoms with Crippen LogP contribution < -0.4 is 4.90 Å². The van der Waals surface area contributed by atoms with Gasteiger partial charge < -0.3 is 0 Å². The third kappa shape index (κ3) is 3.58. The van der Waals surface area contributed by atoms with Crippen LogP contribution in [0.1, 0.15) is 16.1 Å². The summed E-state index contributed by atoms with van der Waals surface area (Å²) in [7, 11) is 0. The van der Waals surface area contributed by atoms with Crippen LogP contribution >= 0.6 is 22.9 Å². The highest BCUT2D eigenvalue weighted by atomic mass is 35.5. The molecule has 1 amide bonds. The molecule has 0 atom stereocenters. The summed E-state index contributed by atoms with van der Waals surface area (Å²) in [5.41, 5.74) is 0.911. The van der Waals surface area contributed by atoms with Gasteiger partial charge >= 0.3 is 0 Å². The van der Waals surface area contributed by atoms with E-state index in [1.165, 1.54) is 16.2 Å². The van der Waals surface area contributed by atoms with Gasteiger partial charge in [-0.2, -0.15) is 0 Å². The van der Waals surface area contributed by atoms with Gasteiger partial charge in [-0.05, 0) is 36.4 Å². The highest BCUT2D eigenvalue weighted by molar-refractivity contribution is 7.22. The van der Waals surface area contributed by atoms with Gasteiger partial charge in [0, 0.05) is 12.3 Å². The Morgan fingerprint density at radius 2 is 1.96 bits per heavy atom. The Hall–Kier alpha value is -2.90. The molecule has 2 heterocycles. The lowest BCUT2D eigenvalue weighted by Crippen LogP contribution is -2.31. The first kappa shape index (κ1) is 18.5. The molecule has 0 radical (unpaired) electrons. The summed E-state index contributed by atoms with van der Waals surface area (Å²) in [5.74, 6) is -2.33. The summed E-state index contributed by atoms with van der Waals surface area (Å²) in [5, 5.41) is 0.806. The molecule has 4 aromatic rings. The van der Waals surface area contributed by atoms with Crippen molar-refractivity contribution in [3.05, 3.63) is 88.7 Å². The normalized spacial score (nSPS) is 11.0. The predicted octanol–water partition coefficient (Wildman–Crippen LogP) is 5.47. The lowest BCUT2D eigenvalue weighted by atomic mass is 10.1. The second-order valence-electron chi connectivity index (χ2n) is 5.92. The van der Waals surface area contributed by atoms with Gasteiger partial charge in [-0.15, -0.1) is 0 Å². The van der Waals surface area contributed by atoms with Crippen LogP contribution in [0.4, 0.5) is 13.9 Å². The molecule has 2 aromatic heterocycles. The summed E-state index contributed by atoms with van der Waals surface area (Å²) < 4.78 is 28.3. The molecule has 0 aliphatic rings. The molecule has 4 nitrogen and oxygen atoms in total. The van der Waals surface area contributed by atoms with Crippen molar-refractivity contribution in [3.8, 4) is 0 Å². The first-order valence-corrected chi connectivity index (χ1v) is 9.44. The van der Waals surface area contributed by atoms with Crippen LogP contribution in [0.25, 0.3) is 10.2 Å². The molecule has 0 saturated carbocycles. The number of hydrogen-bond acceptors (Lipinski definition) is 4. The number of halogens is 3.